The lowest BCUT2D eigenvalue weighted by molar-refractivity contribution is 0.242. The minimum atomic E-state index is -0.0545. The summed E-state index contributed by atoms with van der Waals surface area (Å²) in [5, 5.41) is 13.9. The molecule has 1 aliphatic heterocycles. The molecule has 0 saturated carbocycles. The third kappa shape index (κ3) is 3.92. The minimum absolute atomic E-state index is 0.0545. The highest BCUT2D eigenvalue weighted by Crippen LogP contribution is 2.27. The average molecular weight is 378 g/mol. The van der Waals surface area contributed by atoms with Gasteiger partial charge in [0.05, 0.1) is 17.8 Å². The Kier molecular flexibility index (Phi) is 5.40. The topological polar surface area (TPSA) is 78.0 Å². The first-order valence-electron chi connectivity index (χ1n) is 10.1. The highest BCUT2D eigenvalue weighted by molar-refractivity contribution is 5.56. The molecule has 2 aromatic rings. The quantitative estimate of drug-likeness (QED) is 0.803. The first-order chi connectivity index (χ1) is 13.6. The molecule has 0 radical (unpaired) electrons. The predicted octanol–water partition coefficient (Wildman–Crippen LogP) is 1.52. The maximum atomic E-state index is 11.9. The van der Waals surface area contributed by atoms with Crippen LogP contribution in [0.4, 0.5) is 5.82 Å². The number of hydrogen-bond donors (Lipinski definition) is 0. The molecule has 4 rings (SSSR count). The van der Waals surface area contributed by atoms with Gasteiger partial charge >= 0.3 is 0 Å². The van der Waals surface area contributed by atoms with E-state index in [2.05, 4.69) is 27.0 Å². The molecule has 0 aromatic carbocycles. The molecule has 146 valence electrons. The molecule has 0 N–H and O–H groups in total. The number of aryl methyl sites for hydroxylation is 3. The molecule has 1 aliphatic carbocycles. The van der Waals surface area contributed by atoms with Crippen LogP contribution in [0.15, 0.2) is 23.0 Å². The summed E-state index contributed by atoms with van der Waals surface area (Å²) < 4.78 is 1.54. The number of anilines is 1. The number of pyridine rings is 1. The van der Waals surface area contributed by atoms with Gasteiger partial charge in [-0.25, -0.2) is 9.67 Å². The Morgan fingerprint density at radius 1 is 1.11 bits per heavy atom. The summed E-state index contributed by atoms with van der Waals surface area (Å²) in [5.74, 6) is 0.847. The second-order valence-corrected chi connectivity index (χ2v) is 7.65. The van der Waals surface area contributed by atoms with Crippen LogP contribution in [0.25, 0.3) is 0 Å². The smallest absolute Gasteiger partial charge is 0.266 e. The van der Waals surface area contributed by atoms with Crippen molar-refractivity contribution in [2.75, 3.05) is 37.6 Å². The maximum absolute atomic E-state index is 11.9. The maximum Gasteiger partial charge on any atom is 0.266 e. The third-order valence-electron chi connectivity index (χ3n) is 5.70. The lowest BCUT2D eigenvalue weighted by Gasteiger charge is -2.36. The van der Waals surface area contributed by atoms with Gasteiger partial charge in [-0.1, -0.05) is 0 Å². The van der Waals surface area contributed by atoms with Gasteiger partial charge in [0.15, 0.2) is 0 Å². The molecular weight excluding hydrogens is 352 g/mol. The molecule has 0 atom stereocenters. The lowest BCUT2D eigenvalue weighted by Crippen LogP contribution is -2.48. The van der Waals surface area contributed by atoms with Crippen LogP contribution in [-0.2, 0) is 19.4 Å². The Morgan fingerprint density at radius 3 is 2.68 bits per heavy atom. The van der Waals surface area contributed by atoms with Gasteiger partial charge in [-0.05, 0) is 50.3 Å². The molecular formula is C21H26N6O. The Bertz CT molecular complexity index is 952. The van der Waals surface area contributed by atoms with Crippen LogP contribution in [0.5, 0.6) is 0 Å². The fourth-order valence-corrected chi connectivity index (χ4v) is 4.08. The summed E-state index contributed by atoms with van der Waals surface area (Å²) in [6.45, 7) is 6.77. The normalized spacial score (nSPS) is 17.2. The first kappa shape index (κ1) is 18.6. The van der Waals surface area contributed by atoms with E-state index in [1.807, 2.05) is 6.92 Å². The Labute approximate surface area is 165 Å². The SMILES string of the molecule is Cc1ccc(=O)n(CCN2CCN(c3nc4c(cc3C#N)CCCC4)CC2)n1. The van der Waals surface area contributed by atoms with Gasteiger partial charge in [0.2, 0.25) is 0 Å². The van der Waals surface area contributed by atoms with Crippen molar-refractivity contribution in [1.29, 1.82) is 5.26 Å². The number of nitriles is 1. The number of hydrogen-bond acceptors (Lipinski definition) is 6. The molecule has 3 heterocycles. The van der Waals surface area contributed by atoms with E-state index < -0.39 is 0 Å². The van der Waals surface area contributed by atoms with Crippen LogP contribution in [0.3, 0.4) is 0 Å². The van der Waals surface area contributed by atoms with Gasteiger partial charge in [0.1, 0.15) is 11.9 Å². The van der Waals surface area contributed by atoms with E-state index >= 15 is 0 Å². The Hall–Kier alpha value is -2.72. The first-order valence-corrected chi connectivity index (χ1v) is 10.1. The highest BCUT2D eigenvalue weighted by Gasteiger charge is 2.23. The van der Waals surface area contributed by atoms with E-state index in [1.54, 1.807) is 16.8 Å². The zero-order valence-corrected chi connectivity index (χ0v) is 16.4. The number of nitrogens with zero attached hydrogens (tertiary/aromatic N) is 6. The largest absolute Gasteiger partial charge is 0.353 e. The molecule has 1 fully saturated rings. The predicted molar refractivity (Wildman–Crippen MR) is 107 cm³/mol. The van der Waals surface area contributed by atoms with Crippen LogP contribution in [0.2, 0.25) is 0 Å². The molecule has 0 unspecified atom stereocenters. The molecule has 0 spiro atoms. The fraction of sp³-hybridized carbons (Fsp3) is 0.524. The summed E-state index contributed by atoms with van der Waals surface area (Å²) in [7, 11) is 0. The van der Waals surface area contributed by atoms with Crippen molar-refractivity contribution in [3.8, 4) is 6.07 Å². The number of rotatable bonds is 4. The molecule has 1 saturated heterocycles. The Morgan fingerprint density at radius 2 is 1.89 bits per heavy atom. The highest BCUT2D eigenvalue weighted by atomic mass is 16.1. The second-order valence-electron chi connectivity index (χ2n) is 7.65. The van der Waals surface area contributed by atoms with Crippen molar-refractivity contribution in [3.05, 3.63) is 51.1 Å². The fourth-order valence-electron chi connectivity index (χ4n) is 4.08. The number of aromatic nitrogens is 3. The van der Waals surface area contributed by atoms with Gasteiger partial charge in [0.25, 0.3) is 5.56 Å². The molecule has 7 nitrogen and oxygen atoms in total. The molecule has 2 aromatic heterocycles. The van der Waals surface area contributed by atoms with E-state index in [0.29, 0.717) is 12.1 Å². The van der Waals surface area contributed by atoms with Gasteiger partial charge in [0, 0.05) is 44.5 Å². The number of piperazine rings is 1. The summed E-state index contributed by atoms with van der Waals surface area (Å²) in [4.78, 5) is 21.4. The monoisotopic (exact) mass is 378 g/mol. The van der Waals surface area contributed by atoms with E-state index in [4.69, 9.17) is 4.98 Å². The Balaban J connectivity index is 1.40. The zero-order chi connectivity index (χ0) is 19.5. The van der Waals surface area contributed by atoms with Crippen molar-refractivity contribution < 1.29 is 0 Å². The zero-order valence-electron chi connectivity index (χ0n) is 16.4. The van der Waals surface area contributed by atoms with Crippen molar-refractivity contribution in [3.63, 3.8) is 0 Å². The van der Waals surface area contributed by atoms with E-state index in [1.165, 1.54) is 24.1 Å². The van der Waals surface area contributed by atoms with Crippen LogP contribution in [0, 0.1) is 18.3 Å². The minimum Gasteiger partial charge on any atom is -0.353 e. The second kappa shape index (κ2) is 8.11. The van der Waals surface area contributed by atoms with Gasteiger partial charge in [-0.15, -0.1) is 0 Å². The summed E-state index contributed by atoms with van der Waals surface area (Å²) in [5.41, 5.74) is 3.92. The van der Waals surface area contributed by atoms with E-state index in [9.17, 15) is 10.1 Å². The number of fused-ring (bicyclic) bond motifs is 1. The molecule has 2 aliphatic rings. The standard InChI is InChI=1S/C21H26N6O/c1-16-6-7-20(28)27(24-16)13-10-25-8-11-26(12-9-25)21-18(15-22)14-17-4-2-3-5-19(17)23-21/h6-7,14H,2-5,8-13H2,1H3. The van der Waals surface area contributed by atoms with Crippen molar-refractivity contribution in [2.24, 2.45) is 0 Å². The molecule has 28 heavy (non-hydrogen) atoms. The van der Waals surface area contributed by atoms with Crippen molar-refractivity contribution in [2.45, 2.75) is 39.2 Å². The van der Waals surface area contributed by atoms with Crippen LogP contribution in [0.1, 0.15) is 35.4 Å². The van der Waals surface area contributed by atoms with Gasteiger partial charge in [-0.3, -0.25) is 9.69 Å². The van der Waals surface area contributed by atoms with Crippen LogP contribution >= 0.6 is 0 Å². The summed E-state index contributed by atoms with van der Waals surface area (Å²) >= 11 is 0. The van der Waals surface area contributed by atoms with Crippen LogP contribution in [-0.4, -0.2) is 52.4 Å². The van der Waals surface area contributed by atoms with Crippen molar-refractivity contribution in [1.82, 2.24) is 19.7 Å². The average Bonchev–Trinajstić information content (AvgIpc) is 2.74. The van der Waals surface area contributed by atoms with Gasteiger partial charge < -0.3 is 4.90 Å². The van der Waals surface area contributed by atoms with E-state index in [-0.39, 0.29) is 5.56 Å². The van der Waals surface area contributed by atoms with Crippen molar-refractivity contribution >= 4 is 5.82 Å². The lowest BCUT2D eigenvalue weighted by atomic mass is 9.95. The molecule has 0 bridgehead atoms. The van der Waals surface area contributed by atoms with Gasteiger partial charge in [-0.2, -0.15) is 10.4 Å². The molecule has 0 amide bonds. The molecule has 7 heteroatoms. The third-order valence-corrected chi connectivity index (χ3v) is 5.70. The van der Waals surface area contributed by atoms with E-state index in [0.717, 1.165) is 57.1 Å². The summed E-state index contributed by atoms with van der Waals surface area (Å²) in [6.07, 6.45) is 4.44. The summed E-state index contributed by atoms with van der Waals surface area (Å²) in [6, 6.07) is 7.72. The van der Waals surface area contributed by atoms with Crippen LogP contribution < -0.4 is 10.5 Å².